The number of benzene rings is 1. The molecule has 2 aromatic rings. The fraction of sp³-hybridized carbons (Fsp3) is 0.231. The summed E-state index contributed by atoms with van der Waals surface area (Å²) in [6.07, 6.45) is 3.34. The van der Waals surface area contributed by atoms with Crippen LogP contribution in [0.25, 0.3) is 0 Å². The van der Waals surface area contributed by atoms with Crippen LogP contribution < -0.4 is 0 Å². The number of aromatic nitrogens is 2. The number of nitriles is 1. The lowest BCUT2D eigenvalue weighted by molar-refractivity contribution is 0.913. The maximum atomic E-state index is 8.83. The minimum Gasteiger partial charge on any atom is -0.347 e. The Hall–Kier alpha value is -2.08. The number of imidazole rings is 1. The molecule has 1 aromatic heterocycles. The molecule has 0 aliphatic rings. The largest absolute Gasteiger partial charge is 0.347 e. The van der Waals surface area contributed by atoms with Gasteiger partial charge in [0.1, 0.15) is 6.07 Å². The predicted octanol–water partition coefficient (Wildman–Crippen LogP) is 2.38. The molecule has 0 aliphatic heterocycles. The Bertz CT molecular complexity index is 518. The summed E-state index contributed by atoms with van der Waals surface area (Å²) in [4.78, 5) is 6.97. The number of nitrogens with zero attached hydrogens (tertiary/aromatic N) is 2. The van der Waals surface area contributed by atoms with E-state index in [1.54, 1.807) is 6.33 Å². The average molecular weight is 211 g/mol. The molecule has 0 radical (unpaired) electrons. The molecule has 16 heavy (non-hydrogen) atoms. The standard InChI is InChI=1S/C13H13N3/c1-10-4-2-3-5-11(10)6-7-12-13(8-14)16-9-15-12/h2-5,9H,6-7H2,1H3,(H,15,16). The molecule has 0 fully saturated rings. The van der Waals surface area contributed by atoms with Crippen LogP contribution in [0.2, 0.25) is 0 Å². The predicted molar refractivity (Wildman–Crippen MR) is 61.9 cm³/mol. The summed E-state index contributed by atoms with van der Waals surface area (Å²) in [5.41, 5.74) is 4.04. The van der Waals surface area contributed by atoms with Crippen LogP contribution in [0.1, 0.15) is 22.5 Å². The Morgan fingerprint density at radius 1 is 1.31 bits per heavy atom. The van der Waals surface area contributed by atoms with Crippen molar-refractivity contribution in [2.24, 2.45) is 0 Å². The van der Waals surface area contributed by atoms with E-state index in [0.29, 0.717) is 5.69 Å². The first-order valence-corrected chi connectivity index (χ1v) is 5.28. The maximum Gasteiger partial charge on any atom is 0.161 e. The second kappa shape index (κ2) is 4.63. The van der Waals surface area contributed by atoms with Gasteiger partial charge in [0.05, 0.1) is 12.0 Å². The molecule has 0 saturated heterocycles. The van der Waals surface area contributed by atoms with E-state index in [1.165, 1.54) is 11.1 Å². The van der Waals surface area contributed by atoms with E-state index < -0.39 is 0 Å². The number of aromatic amines is 1. The fourth-order valence-electron chi connectivity index (χ4n) is 1.76. The lowest BCUT2D eigenvalue weighted by atomic mass is 10.0. The van der Waals surface area contributed by atoms with Crippen LogP contribution in [0.15, 0.2) is 30.6 Å². The van der Waals surface area contributed by atoms with Crippen LogP contribution >= 0.6 is 0 Å². The fourth-order valence-corrected chi connectivity index (χ4v) is 1.76. The van der Waals surface area contributed by atoms with Gasteiger partial charge in [-0.05, 0) is 30.9 Å². The summed E-state index contributed by atoms with van der Waals surface area (Å²) < 4.78 is 0. The molecule has 80 valence electrons. The molecule has 1 aromatic carbocycles. The van der Waals surface area contributed by atoms with Crippen molar-refractivity contribution in [3.8, 4) is 6.07 Å². The van der Waals surface area contributed by atoms with Gasteiger partial charge in [-0.3, -0.25) is 0 Å². The smallest absolute Gasteiger partial charge is 0.161 e. The van der Waals surface area contributed by atoms with E-state index >= 15 is 0 Å². The van der Waals surface area contributed by atoms with Crippen LogP contribution in [0.3, 0.4) is 0 Å². The van der Waals surface area contributed by atoms with Crippen molar-refractivity contribution >= 4 is 0 Å². The molecule has 0 bridgehead atoms. The zero-order valence-electron chi connectivity index (χ0n) is 9.20. The Labute approximate surface area is 94.8 Å². The monoisotopic (exact) mass is 211 g/mol. The maximum absolute atomic E-state index is 8.83. The van der Waals surface area contributed by atoms with Crippen molar-refractivity contribution < 1.29 is 0 Å². The van der Waals surface area contributed by atoms with Crippen molar-refractivity contribution in [3.63, 3.8) is 0 Å². The van der Waals surface area contributed by atoms with Gasteiger partial charge in [-0.1, -0.05) is 24.3 Å². The summed E-state index contributed by atoms with van der Waals surface area (Å²) in [6, 6.07) is 10.4. The quantitative estimate of drug-likeness (QED) is 0.847. The highest BCUT2D eigenvalue weighted by Gasteiger charge is 2.05. The summed E-state index contributed by atoms with van der Waals surface area (Å²) in [6.45, 7) is 2.10. The Morgan fingerprint density at radius 3 is 2.88 bits per heavy atom. The van der Waals surface area contributed by atoms with Crippen molar-refractivity contribution in [2.75, 3.05) is 0 Å². The van der Waals surface area contributed by atoms with Crippen molar-refractivity contribution in [2.45, 2.75) is 19.8 Å². The van der Waals surface area contributed by atoms with Gasteiger partial charge in [0.15, 0.2) is 5.69 Å². The van der Waals surface area contributed by atoms with E-state index in [4.69, 9.17) is 5.26 Å². The van der Waals surface area contributed by atoms with E-state index in [-0.39, 0.29) is 0 Å². The van der Waals surface area contributed by atoms with Crippen molar-refractivity contribution in [1.82, 2.24) is 9.97 Å². The third kappa shape index (κ3) is 2.12. The van der Waals surface area contributed by atoms with Gasteiger partial charge < -0.3 is 4.98 Å². The van der Waals surface area contributed by atoms with E-state index in [2.05, 4.69) is 35.1 Å². The first kappa shape index (κ1) is 10.4. The van der Waals surface area contributed by atoms with Crippen LogP contribution in [-0.2, 0) is 12.8 Å². The average Bonchev–Trinajstić information content (AvgIpc) is 2.75. The molecule has 1 heterocycles. The van der Waals surface area contributed by atoms with E-state index in [1.807, 2.05) is 12.1 Å². The van der Waals surface area contributed by atoms with Crippen LogP contribution in [0.5, 0.6) is 0 Å². The molecular weight excluding hydrogens is 198 g/mol. The zero-order valence-corrected chi connectivity index (χ0v) is 9.20. The zero-order chi connectivity index (χ0) is 11.4. The topological polar surface area (TPSA) is 52.5 Å². The molecule has 0 atom stereocenters. The van der Waals surface area contributed by atoms with E-state index in [0.717, 1.165) is 18.5 Å². The SMILES string of the molecule is Cc1ccccc1CCc1[nH]cnc1C#N. The first-order chi connectivity index (χ1) is 7.81. The molecule has 0 aliphatic carbocycles. The summed E-state index contributed by atoms with van der Waals surface area (Å²) in [7, 11) is 0. The number of hydrogen-bond acceptors (Lipinski definition) is 2. The van der Waals surface area contributed by atoms with Crippen LogP contribution in [0, 0.1) is 18.3 Å². The number of H-pyrrole nitrogens is 1. The van der Waals surface area contributed by atoms with Crippen molar-refractivity contribution in [3.05, 3.63) is 53.1 Å². The van der Waals surface area contributed by atoms with Crippen LogP contribution in [0.4, 0.5) is 0 Å². The number of rotatable bonds is 3. The Morgan fingerprint density at radius 2 is 2.12 bits per heavy atom. The lowest BCUT2D eigenvalue weighted by Gasteiger charge is -2.04. The number of hydrogen-bond donors (Lipinski definition) is 1. The second-order valence-corrected chi connectivity index (χ2v) is 3.77. The van der Waals surface area contributed by atoms with Gasteiger partial charge in [-0.25, -0.2) is 4.98 Å². The molecule has 0 spiro atoms. The van der Waals surface area contributed by atoms with Gasteiger partial charge in [0, 0.05) is 0 Å². The molecule has 0 unspecified atom stereocenters. The molecule has 2 rings (SSSR count). The van der Waals surface area contributed by atoms with Gasteiger partial charge in [-0.15, -0.1) is 0 Å². The normalized spacial score (nSPS) is 10.0. The summed E-state index contributed by atoms with van der Waals surface area (Å²) in [5.74, 6) is 0. The van der Waals surface area contributed by atoms with Gasteiger partial charge >= 0.3 is 0 Å². The number of nitrogens with one attached hydrogen (secondary N) is 1. The first-order valence-electron chi connectivity index (χ1n) is 5.28. The highest BCUT2D eigenvalue weighted by Crippen LogP contribution is 2.11. The highest BCUT2D eigenvalue weighted by atomic mass is 14.9. The molecule has 1 N–H and O–H groups in total. The van der Waals surface area contributed by atoms with Crippen molar-refractivity contribution in [1.29, 1.82) is 5.26 Å². The molecule has 3 nitrogen and oxygen atoms in total. The highest BCUT2D eigenvalue weighted by molar-refractivity contribution is 5.29. The summed E-state index contributed by atoms with van der Waals surface area (Å²) >= 11 is 0. The third-order valence-corrected chi connectivity index (χ3v) is 2.73. The van der Waals surface area contributed by atoms with Gasteiger partial charge in [-0.2, -0.15) is 5.26 Å². The molecule has 0 amide bonds. The third-order valence-electron chi connectivity index (χ3n) is 2.73. The van der Waals surface area contributed by atoms with E-state index in [9.17, 15) is 0 Å². The minimum atomic E-state index is 0.508. The van der Waals surface area contributed by atoms with Gasteiger partial charge in [0.2, 0.25) is 0 Å². The molecule has 3 heteroatoms. The van der Waals surface area contributed by atoms with Crippen LogP contribution in [-0.4, -0.2) is 9.97 Å². The molecule has 0 saturated carbocycles. The second-order valence-electron chi connectivity index (χ2n) is 3.77. The Balaban J connectivity index is 2.09. The Kier molecular flexibility index (Phi) is 3.02. The minimum absolute atomic E-state index is 0.508. The summed E-state index contributed by atoms with van der Waals surface area (Å²) in [5, 5.41) is 8.83. The van der Waals surface area contributed by atoms with Gasteiger partial charge in [0.25, 0.3) is 0 Å². The lowest BCUT2D eigenvalue weighted by Crippen LogP contribution is -1.96. The number of aryl methyl sites for hydroxylation is 3. The molecular formula is C13H13N3.